The summed E-state index contributed by atoms with van der Waals surface area (Å²) in [4.78, 5) is 10.6. The van der Waals surface area contributed by atoms with Gasteiger partial charge in [0.2, 0.25) is 0 Å². The van der Waals surface area contributed by atoms with Gasteiger partial charge in [0.1, 0.15) is 5.82 Å². The maximum Gasteiger partial charge on any atom is 0.335 e. The first-order valence-corrected chi connectivity index (χ1v) is 8.11. The highest BCUT2D eigenvalue weighted by atomic mass is 19.1. The highest BCUT2D eigenvalue weighted by Gasteiger charge is 2.23. The zero-order chi connectivity index (χ0) is 15.2. The molecule has 0 spiro atoms. The van der Waals surface area contributed by atoms with Crippen LogP contribution in [0.2, 0.25) is 0 Å². The van der Waals surface area contributed by atoms with Crippen molar-refractivity contribution < 1.29 is 13.6 Å². The molecule has 0 unspecified atom stereocenters. The molecule has 21 heavy (non-hydrogen) atoms. The summed E-state index contributed by atoms with van der Waals surface area (Å²) in [6.07, 6.45) is 9.72. The van der Waals surface area contributed by atoms with Crippen LogP contribution in [0.15, 0.2) is 18.2 Å². The average Bonchev–Trinajstić information content (AvgIpc) is 2.48. The number of rotatable bonds is 6. The Morgan fingerprint density at radius 1 is 1.19 bits per heavy atom. The molecule has 0 N–H and O–H groups in total. The van der Waals surface area contributed by atoms with Crippen LogP contribution in [0.4, 0.5) is 8.78 Å². The third-order valence-electron chi connectivity index (χ3n) is 4.74. The summed E-state index contributed by atoms with van der Waals surface area (Å²) in [5.74, 6) is 0.431. The van der Waals surface area contributed by atoms with Crippen molar-refractivity contribution in [2.75, 3.05) is 0 Å². The van der Waals surface area contributed by atoms with Crippen molar-refractivity contribution >= 4 is 6.04 Å². The van der Waals surface area contributed by atoms with Gasteiger partial charge in [-0.15, -0.1) is 0 Å². The summed E-state index contributed by atoms with van der Waals surface area (Å²) < 4.78 is 26.3. The fraction of sp³-hybridized carbons (Fsp3) is 0.611. The molecule has 1 aromatic rings. The molecule has 0 saturated heterocycles. The number of hydrogen-bond acceptors (Lipinski definition) is 1. The molecule has 1 aromatic carbocycles. The summed E-state index contributed by atoms with van der Waals surface area (Å²) >= 11 is 0. The van der Waals surface area contributed by atoms with E-state index in [-0.39, 0.29) is 0 Å². The first-order chi connectivity index (χ1) is 10.1. The number of benzene rings is 1. The standard InChI is InChI=1S/C18H24F2O/c1-2-3-4-5-13-6-8-14(9-7-13)15-10-11-16(18(20)21)17(19)12-15/h10-14H,2-9H2,1H3. The predicted molar refractivity (Wildman–Crippen MR) is 80.7 cm³/mol. The molecule has 0 heterocycles. The molecule has 0 aliphatic heterocycles. The normalized spacial score (nSPS) is 22.2. The van der Waals surface area contributed by atoms with Crippen LogP contribution < -0.4 is 0 Å². The van der Waals surface area contributed by atoms with Crippen molar-refractivity contribution in [3.8, 4) is 0 Å². The fourth-order valence-electron chi connectivity index (χ4n) is 3.41. The van der Waals surface area contributed by atoms with Gasteiger partial charge in [-0.2, -0.15) is 4.39 Å². The van der Waals surface area contributed by atoms with Crippen molar-refractivity contribution in [2.45, 2.75) is 64.2 Å². The number of halogens is 2. The fourth-order valence-corrected chi connectivity index (χ4v) is 3.41. The second-order valence-corrected chi connectivity index (χ2v) is 6.23. The molecule has 0 atom stereocenters. The van der Waals surface area contributed by atoms with Crippen LogP contribution in [-0.4, -0.2) is 6.04 Å². The lowest BCUT2D eigenvalue weighted by molar-refractivity contribution is 0.0831. The van der Waals surface area contributed by atoms with Gasteiger partial charge in [-0.3, -0.25) is 4.79 Å². The van der Waals surface area contributed by atoms with Crippen molar-refractivity contribution in [1.29, 1.82) is 0 Å². The Hall–Kier alpha value is -1.25. The number of hydrogen-bond donors (Lipinski definition) is 0. The van der Waals surface area contributed by atoms with E-state index >= 15 is 0 Å². The van der Waals surface area contributed by atoms with Crippen LogP contribution in [0.3, 0.4) is 0 Å². The minimum Gasteiger partial charge on any atom is -0.255 e. The summed E-state index contributed by atoms with van der Waals surface area (Å²) in [5.41, 5.74) is 0.455. The van der Waals surface area contributed by atoms with Crippen LogP contribution in [0, 0.1) is 11.7 Å². The van der Waals surface area contributed by atoms with Crippen molar-refractivity contribution in [1.82, 2.24) is 0 Å². The Bertz CT molecular complexity index is 476. The van der Waals surface area contributed by atoms with E-state index in [0.717, 1.165) is 24.3 Å². The van der Waals surface area contributed by atoms with E-state index in [1.54, 1.807) is 6.07 Å². The molecule has 2 rings (SSSR count). The van der Waals surface area contributed by atoms with Gasteiger partial charge in [-0.1, -0.05) is 38.7 Å². The van der Waals surface area contributed by atoms with Crippen LogP contribution >= 0.6 is 0 Å². The summed E-state index contributed by atoms with van der Waals surface area (Å²) in [6, 6.07) is 2.63. The smallest absolute Gasteiger partial charge is 0.255 e. The van der Waals surface area contributed by atoms with Gasteiger partial charge in [0.25, 0.3) is 0 Å². The first kappa shape index (κ1) is 16.1. The minimum atomic E-state index is -1.70. The lowest BCUT2D eigenvalue weighted by Gasteiger charge is -2.29. The van der Waals surface area contributed by atoms with Crippen LogP contribution in [0.25, 0.3) is 0 Å². The zero-order valence-corrected chi connectivity index (χ0v) is 12.7. The molecular weight excluding hydrogens is 270 g/mol. The largest absolute Gasteiger partial charge is 0.335 e. The third-order valence-corrected chi connectivity index (χ3v) is 4.74. The molecule has 1 fully saturated rings. The van der Waals surface area contributed by atoms with E-state index in [1.807, 2.05) is 0 Å². The first-order valence-electron chi connectivity index (χ1n) is 8.11. The molecule has 1 aliphatic rings. The second kappa shape index (κ2) is 7.67. The second-order valence-electron chi connectivity index (χ2n) is 6.23. The molecule has 0 bridgehead atoms. The van der Waals surface area contributed by atoms with Gasteiger partial charge in [0.15, 0.2) is 0 Å². The molecule has 116 valence electrons. The van der Waals surface area contributed by atoms with Crippen LogP contribution in [-0.2, 0) is 0 Å². The molecule has 1 saturated carbocycles. The van der Waals surface area contributed by atoms with E-state index in [1.165, 1.54) is 50.7 Å². The van der Waals surface area contributed by atoms with Gasteiger partial charge in [0.05, 0.1) is 5.56 Å². The highest BCUT2D eigenvalue weighted by Crippen LogP contribution is 2.38. The Morgan fingerprint density at radius 2 is 1.90 bits per heavy atom. The number of unbranched alkanes of at least 4 members (excludes halogenated alkanes) is 2. The maximum absolute atomic E-state index is 13.7. The monoisotopic (exact) mass is 294 g/mol. The topological polar surface area (TPSA) is 17.1 Å². The molecule has 0 aromatic heterocycles. The summed E-state index contributed by atoms with van der Waals surface area (Å²) in [5, 5.41) is 0. The summed E-state index contributed by atoms with van der Waals surface area (Å²) in [6.45, 7) is 2.22. The summed E-state index contributed by atoms with van der Waals surface area (Å²) in [7, 11) is 0. The molecule has 1 nitrogen and oxygen atoms in total. The Balaban J connectivity index is 1.90. The highest BCUT2D eigenvalue weighted by molar-refractivity contribution is 5.88. The minimum absolute atomic E-state index is 0.352. The van der Waals surface area contributed by atoms with Gasteiger partial charge in [-0.25, -0.2) is 4.39 Å². The Kier molecular flexibility index (Phi) is 5.89. The molecule has 0 radical (unpaired) electrons. The molecule has 3 heteroatoms. The number of carbonyl (C=O) groups excluding carboxylic acids is 1. The van der Waals surface area contributed by atoms with Crippen molar-refractivity contribution in [2.24, 2.45) is 5.92 Å². The van der Waals surface area contributed by atoms with E-state index in [0.29, 0.717) is 5.92 Å². The maximum atomic E-state index is 13.7. The molecular formula is C18H24F2O. The van der Waals surface area contributed by atoms with E-state index in [9.17, 15) is 13.6 Å². The molecule has 0 amide bonds. The third kappa shape index (κ3) is 4.36. The lowest BCUT2D eigenvalue weighted by Crippen LogP contribution is -2.14. The van der Waals surface area contributed by atoms with Crippen LogP contribution in [0.1, 0.15) is 80.1 Å². The predicted octanol–water partition coefficient (Wildman–Crippen LogP) is 5.79. The lowest BCUT2D eigenvalue weighted by atomic mass is 9.77. The van der Waals surface area contributed by atoms with E-state index in [4.69, 9.17) is 0 Å². The quantitative estimate of drug-likeness (QED) is 0.479. The zero-order valence-electron chi connectivity index (χ0n) is 12.7. The molecule has 1 aliphatic carbocycles. The average molecular weight is 294 g/mol. The number of carbonyl (C=O) groups is 1. The van der Waals surface area contributed by atoms with Crippen molar-refractivity contribution in [3.05, 3.63) is 35.1 Å². The Morgan fingerprint density at radius 3 is 2.48 bits per heavy atom. The SMILES string of the molecule is CCCCCC1CCC(c2ccc(C(=O)F)c(F)c2)CC1. The van der Waals surface area contributed by atoms with Crippen LogP contribution in [0.5, 0.6) is 0 Å². The van der Waals surface area contributed by atoms with Gasteiger partial charge in [-0.05, 0) is 55.2 Å². The van der Waals surface area contributed by atoms with E-state index in [2.05, 4.69) is 6.92 Å². The van der Waals surface area contributed by atoms with Gasteiger partial charge >= 0.3 is 6.04 Å². The van der Waals surface area contributed by atoms with E-state index < -0.39 is 17.4 Å². The van der Waals surface area contributed by atoms with Gasteiger partial charge < -0.3 is 0 Å². The van der Waals surface area contributed by atoms with Gasteiger partial charge in [0, 0.05) is 0 Å². The van der Waals surface area contributed by atoms with Crippen molar-refractivity contribution in [3.63, 3.8) is 0 Å². The Labute approximate surface area is 125 Å².